The first kappa shape index (κ1) is 13.7. The minimum atomic E-state index is -1.00. The lowest BCUT2D eigenvalue weighted by atomic mass is 10.1. The minimum Gasteiger partial charge on any atom is -0.497 e. The second kappa shape index (κ2) is 5.26. The number of hydrogen-bond donors (Lipinski definition) is 0. The SMILES string of the molecule is COc1ccc2c(Cl)nc(-c3cccc(F)c3F)nc2c1. The summed E-state index contributed by atoms with van der Waals surface area (Å²) in [7, 11) is 1.52. The van der Waals surface area contributed by atoms with Crippen molar-refractivity contribution in [3.8, 4) is 17.1 Å². The largest absolute Gasteiger partial charge is 0.497 e. The van der Waals surface area contributed by atoms with Gasteiger partial charge in [-0.25, -0.2) is 18.7 Å². The number of nitrogens with zero attached hydrogens (tertiary/aromatic N) is 2. The summed E-state index contributed by atoms with van der Waals surface area (Å²) in [4.78, 5) is 8.27. The van der Waals surface area contributed by atoms with Gasteiger partial charge in [-0.1, -0.05) is 17.7 Å². The fourth-order valence-corrected chi connectivity index (χ4v) is 2.23. The van der Waals surface area contributed by atoms with Crippen molar-refractivity contribution in [2.45, 2.75) is 0 Å². The summed E-state index contributed by atoms with van der Waals surface area (Å²) in [6.07, 6.45) is 0. The van der Waals surface area contributed by atoms with Crippen LogP contribution in [0.15, 0.2) is 36.4 Å². The Kier molecular flexibility index (Phi) is 3.43. The second-order valence-corrected chi connectivity index (χ2v) is 4.68. The highest BCUT2D eigenvalue weighted by atomic mass is 35.5. The molecule has 0 saturated carbocycles. The normalized spacial score (nSPS) is 10.9. The van der Waals surface area contributed by atoms with Gasteiger partial charge in [-0.05, 0) is 24.3 Å². The van der Waals surface area contributed by atoms with Crippen LogP contribution in [0.5, 0.6) is 5.75 Å². The summed E-state index contributed by atoms with van der Waals surface area (Å²) >= 11 is 6.09. The first-order chi connectivity index (χ1) is 10.1. The molecule has 0 aliphatic rings. The summed E-state index contributed by atoms with van der Waals surface area (Å²) in [6, 6.07) is 8.91. The molecule has 0 spiro atoms. The molecule has 3 aromatic rings. The summed E-state index contributed by atoms with van der Waals surface area (Å²) in [5.41, 5.74) is 0.453. The van der Waals surface area contributed by atoms with Crippen LogP contribution in [0.3, 0.4) is 0 Å². The summed E-state index contributed by atoms with van der Waals surface area (Å²) in [6.45, 7) is 0. The smallest absolute Gasteiger partial charge is 0.169 e. The van der Waals surface area contributed by atoms with Gasteiger partial charge in [0.05, 0.1) is 18.2 Å². The number of methoxy groups -OCH3 is 1. The number of aromatic nitrogens is 2. The highest BCUT2D eigenvalue weighted by Crippen LogP contribution is 2.29. The molecule has 21 heavy (non-hydrogen) atoms. The lowest BCUT2D eigenvalue weighted by Gasteiger charge is -2.07. The standard InChI is InChI=1S/C15H9ClF2N2O/c1-21-8-5-6-9-12(7-8)19-15(20-14(9)16)10-3-2-4-11(17)13(10)18/h2-7H,1H3. The molecule has 106 valence electrons. The van der Waals surface area contributed by atoms with Crippen LogP contribution in [-0.2, 0) is 0 Å². The Morgan fingerprint density at radius 2 is 1.90 bits per heavy atom. The number of hydrogen-bond acceptors (Lipinski definition) is 3. The van der Waals surface area contributed by atoms with Crippen LogP contribution in [-0.4, -0.2) is 17.1 Å². The first-order valence-electron chi connectivity index (χ1n) is 6.06. The van der Waals surface area contributed by atoms with Crippen molar-refractivity contribution < 1.29 is 13.5 Å². The van der Waals surface area contributed by atoms with Crippen molar-refractivity contribution in [2.75, 3.05) is 7.11 Å². The highest BCUT2D eigenvalue weighted by molar-refractivity contribution is 6.34. The number of rotatable bonds is 2. The van der Waals surface area contributed by atoms with Crippen LogP contribution in [0.1, 0.15) is 0 Å². The van der Waals surface area contributed by atoms with Gasteiger partial charge in [-0.2, -0.15) is 0 Å². The van der Waals surface area contributed by atoms with Gasteiger partial charge in [-0.15, -0.1) is 0 Å². The van der Waals surface area contributed by atoms with E-state index < -0.39 is 11.6 Å². The molecule has 0 bridgehead atoms. The van der Waals surface area contributed by atoms with Crippen molar-refractivity contribution in [1.29, 1.82) is 0 Å². The highest BCUT2D eigenvalue weighted by Gasteiger charge is 2.14. The van der Waals surface area contributed by atoms with Crippen LogP contribution < -0.4 is 4.74 Å². The zero-order valence-corrected chi connectivity index (χ0v) is 11.7. The van der Waals surface area contributed by atoms with Crippen molar-refractivity contribution in [3.05, 3.63) is 53.2 Å². The Morgan fingerprint density at radius 1 is 1.10 bits per heavy atom. The van der Waals surface area contributed by atoms with Crippen LogP contribution >= 0.6 is 11.6 Å². The van der Waals surface area contributed by atoms with Gasteiger partial charge < -0.3 is 4.74 Å². The van der Waals surface area contributed by atoms with Crippen LogP contribution in [0.25, 0.3) is 22.3 Å². The van der Waals surface area contributed by atoms with Crippen LogP contribution in [0, 0.1) is 11.6 Å². The molecule has 0 fully saturated rings. The Bertz CT molecular complexity index is 839. The number of benzene rings is 2. The maximum absolute atomic E-state index is 13.8. The van der Waals surface area contributed by atoms with E-state index in [1.165, 1.54) is 19.2 Å². The molecule has 0 unspecified atom stereocenters. The molecule has 0 aliphatic carbocycles. The molecular formula is C15H9ClF2N2O. The maximum atomic E-state index is 13.8. The molecule has 0 atom stereocenters. The summed E-state index contributed by atoms with van der Waals surface area (Å²) < 4.78 is 32.3. The van der Waals surface area contributed by atoms with Gasteiger partial charge in [0.25, 0.3) is 0 Å². The van der Waals surface area contributed by atoms with Crippen LogP contribution in [0.2, 0.25) is 5.15 Å². The molecule has 3 nitrogen and oxygen atoms in total. The minimum absolute atomic E-state index is 0.0257. The molecular weight excluding hydrogens is 298 g/mol. The monoisotopic (exact) mass is 306 g/mol. The topological polar surface area (TPSA) is 35.0 Å². The van der Waals surface area contributed by atoms with E-state index in [0.29, 0.717) is 16.7 Å². The van der Waals surface area contributed by atoms with Gasteiger partial charge in [-0.3, -0.25) is 0 Å². The van der Waals surface area contributed by atoms with E-state index in [0.717, 1.165) is 6.07 Å². The predicted molar refractivity (Wildman–Crippen MR) is 76.5 cm³/mol. The van der Waals surface area contributed by atoms with E-state index in [1.54, 1.807) is 18.2 Å². The lowest BCUT2D eigenvalue weighted by molar-refractivity contribution is 0.415. The Balaban J connectivity index is 2.26. The quantitative estimate of drug-likeness (QED) is 0.664. The average molecular weight is 307 g/mol. The molecule has 0 radical (unpaired) electrons. The van der Waals surface area contributed by atoms with Crippen molar-refractivity contribution in [1.82, 2.24) is 9.97 Å². The van der Waals surface area contributed by atoms with Gasteiger partial charge in [0, 0.05) is 11.5 Å². The van der Waals surface area contributed by atoms with Crippen molar-refractivity contribution >= 4 is 22.5 Å². The molecule has 1 heterocycles. The fraction of sp³-hybridized carbons (Fsp3) is 0.0667. The van der Waals surface area contributed by atoms with Gasteiger partial charge >= 0.3 is 0 Å². The zero-order valence-electron chi connectivity index (χ0n) is 10.9. The number of ether oxygens (including phenoxy) is 1. The Morgan fingerprint density at radius 3 is 2.67 bits per heavy atom. The zero-order chi connectivity index (χ0) is 15.0. The Hall–Kier alpha value is -2.27. The van der Waals surface area contributed by atoms with E-state index in [1.807, 2.05) is 0 Å². The van der Waals surface area contributed by atoms with E-state index in [2.05, 4.69) is 9.97 Å². The summed E-state index contributed by atoms with van der Waals surface area (Å²) in [5.74, 6) is -1.35. The van der Waals surface area contributed by atoms with E-state index in [-0.39, 0.29) is 16.5 Å². The predicted octanol–water partition coefficient (Wildman–Crippen LogP) is 4.24. The second-order valence-electron chi connectivity index (χ2n) is 4.32. The Labute approximate surface area is 124 Å². The number of fused-ring (bicyclic) bond motifs is 1. The molecule has 0 saturated heterocycles. The first-order valence-corrected chi connectivity index (χ1v) is 6.43. The molecule has 1 aromatic heterocycles. The van der Waals surface area contributed by atoms with Crippen LogP contribution in [0.4, 0.5) is 8.78 Å². The molecule has 2 aromatic carbocycles. The van der Waals surface area contributed by atoms with E-state index >= 15 is 0 Å². The third kappa shape index (κ3) is 2.40. The molecule has 6 heteroatoms. The maximum Gasteiger partial charge on any atom is 0.169 e. The van der Waals surface area contributed by atoms with Gasteiger partial charge in [0.1, 0.15) is 10.9 Å². The molecule has 3 rings (SSSR count). The number of halogens is 3. The third-order valence-electron chi connectivity index (χ3n) is 3.05. The van der Waals surface area contributed by atoms with Crippen molar-refractivity contribution in [3.63, 3.8) is 0 Å². The molecule has 0 aliphatic heterocycles. The van der Waals surface area contributed by atoms with E-state index in [4.69, 9.17) is 16.3 Å². The van der Waals surface area contributed by atoms with Gasteiger partial charge in [0.15, 0.2) is 17.5 Å². The van der Waals surface area contributed by atoms with Gasteiger partial charge in [0.2, 0.25) is 0 Å². The van der Waals surface area contributed by atoms with Crippen molar-refractivity contribution in [2.24, 2.45) is 0 Å². The third-order valence-corrected chi connectivity index (χ3v) is 3.34. The lowest BCUT2D eigenvalue weighted by Crippen LogP contribution is -1.96. The summed E-state index contributed by atoms with van der Waals surface area (Å²) in [5, 5.41) is 0.777. The molecule has 0 N–H and O–H groups in total. The van der Waals surface area contributed by atoms with E-state index in [9.17, 15) is 8.78 Å². The average Bonchev–Trinajstić information content (AvgIpc) is 2.49. The molecule has 0 amide bonds. The fourth-order valence-electron chi connectivity index (χ4n) is 1.99.